The van der Waals surface area contributed by atoms with Crippen molar-refractivity contribution in [1.29, 1.82) is 0 Å². The zero-order valence-corrected chi connectivity index (χ0v) is 21.0. The molecule has 0 bridgehead atoms. The summed E-state index contributed by atoms with van der Waals surface area (Å²) in [6.45, 7) is 4.40. The van der Waals surface area contributed by atoms with Gasteiger partial charge in [0.15, 0.2) is 6.10 Å². The number of unbranched alkanes of at least 4 members (excludes halogenated alkanes) is 14. The van der Waals surface area contributed by atoms with Crippen LogP contribution in [-0.4, -0.2) is 17.9 Å². The molecule has 0 N–H and O–H groups in total. The van der Waals surface area contributed by atoms with E-state index < -0.39 is 6.10 Å². The number of thiophene rings is 1. The summed E-state index contributed by atoms with van der Waals surface area (Å²) >= 11 is 1.42. The number of esters is 1. The number of hydrogen-bond acceptors (Lipinski definition) is 4. The van der Waals surface area contributed by atoms with Crippen molar-refractivity contribution in [2.24, 2.45) is 0 Å². The van der Waals surface area contributed by atoms with Crippen LogP contribution in [0.5, 0.6) is 0 Å². The van der Waals surface area contributed by atoms with Crippen LogP contribution >= 0.6 is 11.3 Å². The van der Waals surface area contributed by atoms with Gasteiger partial charge in [0, 0.05) is 6.42 Å². The number of rotatable bonds is 21. The normalized spacial score (nSPS) is 12.1. The van der Waals surface area contributed by atoms with E-state index in [9.17, 15) is 9.59 Å². The van der Waals surface area contributed by atoms with Gasteiger partial charge in [0.05, 0.1) is 4.88 Å². The summed E-state index contributed by atoms with van der Waals surface area (Å²) in [5, 5.41) is 1.89. The average Bonchev–Trinajstić information content (AvgIpc) is 3.31. The Balaban J connectivity index is 2.09. The fourth-order valence-electron chi connectivity index (χ4n) is 3.91. The topological polar surface area (TPSA) is 43.4 Å². The number of carbonyl (C=O) groups excluding carboxylic acids is 2. The van der Waals surface area contributed by atoms with Crippen LogP contribution in [0.3, 0.4) is 0 Å². The molecule has 4 heteroatoms. The van der Waals surface area contributed by atoms with Gasteiger partial charge in [0.2, 0.25) is 5.78 Å². The molecule has 1 rings (SSSR count). The molecule has 1 unspecified atom stereocenters. The highest BCUT2D eigenvalue weighted by molar-refractivity contribution is 7.12. The lowest BCUT2D eigenvalue weighted by Crippen LogP contribution is -2.27. The molecule has 0 saturated carbocycles. The predicted molar refractivity (Wildman–Crippen MR) is 133 cm³/mol. The van der Waals surface area contributed by atoms with E-state index in [0.717, 1.165) is 32.1 Å². The van der Waals surface area contributed by atoms with Crippen LogP contribution in [-0.2, 0) is 9.53 Å². The van der Waals surface area contributed by atoms with Gasteiger partial charge in [-0.1, -0.05) is 110 Å². The van der Waals surface area contributed by atoms with Crippen LogP contribution in [0.4, 0.5) is 0 Å². The van der Waals surface area contributed by atoms with Crippen molar-refractivity contribution in [3.8, 4) is 0 Å². The molecule has 0 fully saturated rings. The molecule has 3 nitrogen and oxygen atoms in total. The summed E-state index contributed by atoms with van der Waals surface area (Å²) in [6, 6.07) is 3.69. The summed E-state index contributed by atoms with van der Waals surface area (Å²) in [6.07, 6.45) is 20.3. The molecule has 1 heterocycles. The predicted octanol–water partition coefficient (Wildman–Crippen LogP) is 8.90. The highest BCUT2D eigenvalue weighted by Crippen LogP contribution is 2.19. The molecule has 0 aliphatic carbocycles. The van der Waals surface area contributed by atoms with Crippen molar-refractivity contribution in [1.82, 2.24) is 0 Å². The van der Waals surface area contributed by atoms with E-state index in [1.165, 1.54) is 82.0 Å². The molecule has 178 valence electrons. The second-order valence-electron chi connectivity index (χ2n) is 8.81. The SMILES string of the molecule is CCCCCCCCCCCCCCCC(=O)OC(CCCCC)C(=O)c1cccs1. The Kier molecular flexibility index (Phi) is 17.6. The van der Waals surface area contributed by atoms with E-state index in [-0.39, 0.29) is 11.8 Å². The van der Waals surface area contributed by atoms with Crippen molar-refractivity contribution in [2.45, 2.75) is 136 Å². The Morgan fingerprint density at radius 2 is 1.29 bits per heavy atom. The quantitative estimate of drug-likeness (QED) is 0.107. The fraction of sp³-hybridized carbons (Fsp3) is 0.778. The van der Waals surface area contributed by atoms with Gasteiger partial charge in [0.25, 0.3) is 0 Å². The molecule has 0 aliphatic heterocycles. The Morgan fingerprint density at radius 1 is 0.774 bits per heavy atom. The number of ether oxygens (including phenoxy) is 1. The van der Waals surface area contributed by atoms with Crippen molar-refractivity contribution >= 4 is 23.1 Å². The summed E-state index contributed by atoms with van der Waals surface area (Å²) in [5.74, 6) is -0.251. The van der Waals surface area contributed by atoms with Gasteiger partial charge < -0.3 is 4.74 Å². The number of hydrogen-bond donors (Lipinski definition) is 0. The minimum Gasteiger partial charge on any atom is -0.454 e. The lowest BCUT2D eigenvalue weighted by atomic mass is 10.0. The second kappa shape index (κ2) is 19.5. The van der Waals surface area contributed by atoms with E-state index >= 15 is 0 Å². The van der Waals surface area contributed by atoms with E-state index in [0.29, 0.717) is 17.7 Å². The molecule has 1 aromatic rings. The maximum Gasteiger partial charge on any atom is 0.306 e. The van der Waals surface area contributed by atoms with Gasteiger partial charge >= 0.3 is 5.97 Å². The van der Waals surface area contributed by atoms with Gasteiger partial charge in [-0.2, -0.15) is 0 Å². The summed E-state index contributed by atoms with van der Waals surface area (Å²) in [4.78, 5) is 25.6. The van der Waals surface area contributed by atoms with Crippen molar-refractivity contribution in [2.75, 3.05) is 0 Å². The van der Waals surface area contributed by atoms with Crippen molar-refractivity contribution in [3.05, 3.63) is 22.4 Å². The van der Waals surface area contributed by atoms with E-state index in [1.54, 1.807) is 0 Å². The maximum atomic E-state index is 12.7. The van der Waals surface area contributed by atoms with Crippen LogP contribution in [0.15, 0.2) is 17.5 Å². The van der Waals surface area contributed by atoms with Crippen LogP contribution in [0, 0.1) is 0 Å². The third kappa shape index (κ3) is 14.5. The van der Waals surface area contributed by atoms with E-state index in [4.69, 9.17) is 4.74 Å². The molecule has 0 amide bonds. The van der Waals surface area contributed by atoms with Gasteiger partial charge in [-0.15, -0.1) is 11.3 Å². The third-order valence-electron chi connectivity index (χ3n) is 5.88. The third-order valence-corrected chi connectivity index (χ3v) is 6.77. The standard InChI is InChI=1S/C27H46O3S/c1-3-5-7-8-9-10-11-12-13-14-15-16-18-22-26(28)30-24(20-17-6-4-2)27(29)25-21-19-23-31-25/h19,21,23-24H,3-18,20,22H2,1-2H3. The first kappa shape index (κ1) is 27.9. The Morgan fingerprint density at radius 3 is 1.81 bits per heavy atom. The second-order valence-corrected chi connectivity index (χ2v) is 9.76. The highest BCUT2D eigenvalue weighted by Gasteiger charge is 2.24. The Hall–Kier alpha value is -1.16. The average molecular weight is 451 g/mol. The van der Waals surface area contributed by atoms with Crippen LogP contribution in [0.1, 0.15) is 139 Å². The molecule has 0 saturated heterocycles. The maximum absolute atomic E-state index is 12.7. The number of ketones is 1. The number of Topliss-reactive ketones (excluding diaryl/α,β-unsaturated/α-hetero) is 1. The zero-order chi connectivity index (χ0) is 22.6. The molecule has 0 radical (unpaired) electrons. The molecule has 1 atom stereocenters. The Bertz CT molecular complexity index is 553. The molecule has 31 heavy (non-hydrogen) atoms. The van der Waals surface area contributed by atoms with Crippen LogP contribution in [0.25, 0.3) is 0 Å². The smallest absolute Gasteiger partial charge is 0.306 e. The van der Waals surface area contributed by atoms with Crippen molar-refractivity contribution in [3.63, 3.8) is 0 Å². The fourth-order valence-corrected chi connectivity index (χ4v) is 4.61. The molecule has 0 spiro atoms. The lowest BCUT2D eigenvalue weighted by Gasteiger charge is -2.16. The van der Waals surface area contributed by atoms with Gasteiger partial charge in [-0.3, -0.25) is 9.59 Å². The first-order chi connectivity index (χ1) is 15.2. The Labute approximate surface area is 195 Å². The highest BCUT2D eigenvalue weighted by atomic mass is 32.1. The summed E-state index contributed by atoms with van der Waals surface area (Å²) in [7, 11) is 0. The van der Waals surface area contributed by atoms with Crippen LogP contribution < -0.4 is 0 Å². The summed E-state index contributed by atoms with van der Waals surface area (Å²) < 4.78 is 5.61. The molecule has 0 aliphatic rings. The van der Waals surface area contributed by atoms with E-state index in [1.807, 2.05) is 17.5 Å². The van der Waals surface area contributed by atoms with Crippen LogP contribution in [0.2, 0.25) is 0 Å². The van der Waals surface area contributed by atoms with Gasteiger partial charge in [0.1, 0.15) is 0 Å². The minimum atomic E-state index is -0.611. The summed E-state index contributed by atoms with van der Waals surface area (Å²) in [5.41, 5.74) is 0. The molecule has 0 aromatic carbocycles. The van der Waals surface area contributed by atoms with E-state index in [2.05, 4.69) is 13.8 Å². The number of carbonyl (C=O) groups is 2. The largest absolute Gasteiger partial charge is 0.454 e. The minimum absolute atomic E-state index is 0.0372. The molecular formula is C27H46O3S. The monoisotopic (exact) mass is 450 g/mol. The van der Waals surface area contributed by atoms with Crippen molar-refractivity contribution < 1.29 is 14.3 Å². The van der Waals surface area contributed by atoms with Gasteiger partial charge in [-0.05, 0) is 30.7 Å². The molecule has 1 aromatic heterocycles. The first-order valence-electron chi connectivity index (χ1n) is 13.0. The molecular weight excluding hydrogens is 404 g/mol. The van der Waals surface area contributed by atoms with Gasteiger partial charge in [-0.25, -0.2) is 0 Å². The first-order valence-corrected chi connectivity index (χ1v) is 13.8. The lowest BCUT2D eigenvalue weighted by molar-refractivity contribution is -0.147. The zero-order valence-electron chi connectivity index (χ0n) is 20.2.